The second kappa shape index (κ2) is 9.21. The third kappa shape index (κ3) is 5.11. The summed E-state index contributed by atoms with van der Waals surface area (Å²) in [7, 11) is -3.46. The monoisotopic (exact) mass is 402 g/mol. The van der Waals surface area contributed by atoms with E-state index in [-0.39, 0.29) is 23.8 Å². The first-order valence-corrected chi connectivity index (χ1v) is 11.0. The fraction of sp³-hybridized carbons (Fsp3) is 0.381. The van der Waals surface area contributed by atoms with E-state index in [1.165, 1.54) is 4.31 Å². The predicted molar refractivity (Wildman–Crippen MR) is 109 cm³/mol. The summed E-state index contributed by atoms with van der Waals surface area (Å²) in [6.45, 7) is 3.37. The van der Waals surface area contributed by atoms with Crippen molar-refractivity contribution in [2.75, 3.05) is 25.0 Å². The lowest BCUT2D eigenvalue weighted by atomic mass is 10.2. The van der Waals surface area contributed by atoms with Crippen LogP contribution in [-0.2, 0) is 14.8 Å². The highest BCUT2D eigenvalue weighted by Crippen LogP contribution is 2.22. The maximum Gasteiger partial charge on any atom is 0.243 e. The van der Waals surface area contributed by atoms with Gasteiger partial charge < -0.3 is 10.1 Å². The standard InChI is InChI=1S/C21H26N2O4S/c1-17-7-3-4-8-20(17)27-16-13-21(24)22-18-9-11-19(12-10-18)28(25,26)23-14-5-2-6-15-23/h3-4,7-12H,2,5-6,13-16H2,1H3,(H,22,24). The number of amides is 1. The molecule has 2 aromatic carbocycles. The van der Waals surface area contributed by atoms with Crippen molar-refractivity contribution in [2.24, 2.45) is 0 Å². The van der Waals surface area contributed by atoms with Gasteiger partial charge >= 0.3 is 0 Å². The molecule has 0 radical (unpaired) electrons. The van der Waals surface area contributed by atoms with Crippen LogP contribution in [0.3, 0.4) is 0 Å². The van der Waals surface area contributed by atoms with Crippen molar-refractivity contribution in [1.82, 2.24) is 4.31 Å². The summed E-state index contributed by atoms with van der Waals surface area (Å²) in [5.74, 6) is 0.586. The molecule has 0 spiro atoms. The third-order valence-electron chi connectivity index (χ3n) is 4.77. The zero-order valence-electron chi connectivity index (χ0n) is 16.1. The topological polar surface area (TPSA) is 75.7 Å². The number of benzene rings is 2. The van der Waals surface area contributed by atoms with E-state index in [1.807, 2.05) is 31.2 Å². The molecule has 150 valence electrons. The van der Waals surface area contributed by atoms with E-state index in [1.54, 1.807) is 24.3 Å². The Labute approximate surface area is 166 Å². The van der Waals surface area contributed by atoms with Gasteiger partial charge in [0.05, 0.1) is 17.9 Å². The Kier molecular flexibility index (Phi) is 6.70. The van der Waals surface area contributed by atoms with Gasteiger partial charge in [0.1, 0.15) is 5.75 Å². The van der Waals surface area contributed by atoms with Crippen LogP contribution in [-0.4, -0.2) is 38.3 Å². The van der Waals surface area contributed by atoms with E-state index < -0.39 is 10.0 Å². The van der Waals surface area contributed by atoms with Gasteiger partial charge in [-0.1, -0.05) is 24.6 Å². The number of para-hydroxylation sites is 1. The Hall–Kier alpha value is -2.38. The number of piperidine rings is 1. The molecule has 0 bridgehead atoms. The number of nitrogens with zero attached hydrogens (tertiary/aromatic N) is 1. The summed E-state index contributed by atoms with van der Waals surface area (Å²) >= 11 is 0. The van der Waals surface area contributed by atoms with Crippen molar-refractivity contribution in [3.05, 3.63) is 54.1 Å². The van der Waals surface area contributed by atoms with E-state index in [4.69, 9.17) is 4.74 Å². The Morgan fingerprint density at radius 1 is 1.04 bits per heavy atom. The molecule has 1 aliphatic rings. The van der Waals surface area contributed by atoms with E-state index in [0.29, 0.717) is 18.8 Å². The van der Waals surface area contributed by atoms with Gasteiger partial charge in [-0.05, 0) is 55.7 Å². The van der Waals surface area contributed by atoms with Crippen molar-refractivity contribution < 1.29 is 17.9 Å². The lowest BCUT2D eigenvalue weighted by molar-refractivity contribution is -0.116. The molecule has 0 saturated carbocycles. The van der Waals surface area contributed by atoms with Crippen LogP contribution >= 0.6 is 0 Å². The van der Waals surface area contributed by atoms with Crippen LogP contribution < -0.4 is 10.1 Å². The number of carbonyl (C=O) groups excluding carboxylic acids is 1. The Morgan fingerprint density at radius 2 is 1.71 bits per heavy atom. The van der Waals surface area contributed by atoms with E-state index >= 15 is 0 Å². The summed E-state index contributed by atoms with van der Waals surface area (Å²) in [6.07, 6.45) is 3.09. The minimum Gasteiger partial charge on any atom is -0.493 e. The van der Waals surface area contributed by atoms with Gasteiger partial charge in [0.25, 0.3) is 0 Å². The van der Waals surface area contributed by atoms with Crippen molar-refractivity contribution >= 4 is 21.6 Å². The molecular formula is C21H26N2O4S. The van der Waals surface area contributed by atoms with Gasteiger partial charge in [0.2, 0.25) is 15.9 Å². The predicted octanol–water partition coefficient (Wildman–Crippen LogP) is 3.58. The number of ether oxygens (including phenoxy) is 1. The largest absolute Gasteiger partial charge is 0.493 e. The van der Waals surface area contributed by atoms with Crippen molar-refractivity contribution in [3.63, 3.8) is 0 Å². The summed E-state index contributed by atoms with van der Waals surface area (Å²) in [6, 6.07) is 14.0. The highest BCUT2D eigenvalue weighted by atomic mass is 32.2. The molecule has 1 aliphatic heterocycles. The van der Waals surface area contributed by atoms with E-state index in [2.05, 4.69) is 5.32 Å². The number of hydrogen-bond acceptors (Lipinski definition) is 4. The smallest absolute Gasteiger partial charge is 0.243 e. The number of anilines is 1. The highest BCUT2D eigenvalue weighted by Gasteiger charge is 2.25. The molecule has 1 fully saturated rings. The molecular weight excluding hydrogens is 376 g/mol. The summed E-state index contributed by atoms with van der Waals surface area (Å²) in [5.41, 5.74) is 1.59. The molecule has 6 nitrogen and oxygen atoms in total. The lowest BCUT2D eigenvalue weighted by Gasteiger charge is -2.25. The van der Waals surface area contributed by atoms with Gasteiger partial charge in [-0.3, -0.25) is 4.79 Å². The molecule has 1 N–H and O–H groups in total. The number of sulfonamides is 1. The maximum atomic E-state index is 12.6. The summed E-state index contributed by atoms with van der Waals surface area (Å²) < 4.78 is 32.5. The van der Waals surface area contributed by atoms with Crippen LogP contribution in [0.2, 0.25) is 0 Å². The van der Waals surface area contributed by atoms with Gasteiger partial charge in [-0.2, -0.15) is 4.31 Å². The van der Waals surface area contributed by atoms with Crippen molar-refractivity contribution in [1.29, 1.82) is 0 Å². The Balaban J connectivity index is 1.52. The van der Waals surface area contributed by atoms with Crippen LogP contribution in [0.4, 0.5) is 5.69 Å². The SMILES string of the molecule is Cc1ccccc1OCCC(=O)Nc1ccc(S(=O)(=O)N2CCCCC2)cc1. The molecule has 1 heterocycles. The number of hydrogen-bond donors (Lipinski definition) is 1. The molecule has 0 atom stereocenters. The molecule has 2 aromatic rings. The number of rotatable bonds is 7. The molecule has 7 heteroatoms. The lowest BCUT2D eigenvalue weighted by Crippen LogP contribution is -2.35. The highest BCUT2D eigenvalue weighted by molar-refractivity contribution is 7.89. The molecule has 0 unspecified atom stereocenters. The molecule has 3 rings (SSSR count). The second-order valence-electron chi connectivity index (χ2n) is 6.90. The first kappa shape index (κ1) is 20.4. The molecule has 0 aliphatic carbocycles. The van der Waals surface area contributed by atoms with Crippen LogP contribution in [0.25, 0.3) is 0 Å². The van der Waals surface area contributed by atoms with Crippen LogP contribution in [0.1, 0.15) is 31.2 Å². The van der Waals surface area contributed by atoms with Crippen molar-refractivity contribution in [2.45, 2.75) is 37.5 Å². The minimum atomic E-state index is -3.46. The average Bonchev–Trinajstić information content (AvgIpc) is 2.70. The van der Waals surface area contributed by atoms with Crippen molar-refractivity contribution in [3.8, 4) is 5.75 Å². The van der Waals surface area contributed by atoms with E-state index in [0.717, 1.165) is 30.6 Å². The zero-order valence-corrected chi connectivity index (χ0v) is 16.9. The quantitative estimate of drug-likeness (QED) is 0.768. The molecule has 1 amide bonds. The fourth-order valence-electron chi connectivity index (χ4n) is 3.16. The van der Waals surface area contributed by atoms with Gasteiger partial charge in [0, 0.05) is 18.8 Å². The first-order valence-electron chi connectivity index (χ1n) is 9.55. The normalized spacial score (nSPS) is 15.2. The average molecular weight is 403 g/mol. The number of nitrogens with one attached hydrogen (secondary N) is 1. The zero-order chi connectivity index (χ0) is 20.0. The summed E-state index contributed by atoms with van der Waals surface area (Å²) in [5, 5.41) is 2.77. The van der Waals surface area contributed by atoms with Gasteiger partial charge in [0.15, 0.2) is 0 Å². The Morgan fingerprint density at radius 3 is 2.39 bits per heavy atom. The van der Waals surface area contributed by atoms with E-state index in [9.17, 15) is 13.2 Å². The Bertz CT molecular complexity index is 904. The molecule has 28 heavy (non-hydrogen) atoms. The van der Waals surface area contributed by atoms with Crippen LogP contribution in [0.15, 0.2) is 53.4 Å². The molecule has 1 saturated heterocycles. The second-order valence-corrected chi connectivity index (χ2v) is 8.84. The molecule has 0 aromatic heterocycles. The minimum absolute atomic E-state index is 0.180. The van der Waals surface area contributed by atoms with Crippen LogP contribution in [0, 0.1) is 6.92 Å². The first-order chi connectivity index (χ1) is 13.5. The number of aryl methyl sites for hydroxylation is 1. The fourth-order valence-corrected chi connectivity index (χ4v) is 4.68. The van der Waals surface area contributed by atoms with Crippen LogP contribution in [0.5, 0.6) is 5.75 Å². The van der Waals surface area contributed by atoms with Gasteiger partial charge in [-0.25, -0.2) is 8.42 Å². The van der Waals surface area contributed by atoms with Gasteiger partial charge in [-0.15, -0.1) is 0 Å². The maximum absolute atomic E-state index is 12.6. The third-order valence-corrected chi connectivity index (χ3v) is 6.68. The number of carbonyl (C=O) groups is 1. The summed E-state index contributed by atoms with van der Waals surface area (Å²) in [4.78, 5) is 12.4.